The summed E-state index contributed by atoms with van der Waals surface area (Å²) in [5.74, 6) is 2.37. The van der Waals surface area contributed by atoms with Gasteiger partial charge >= 0.3 is 5.97 Å². The topological polar surface area (TPSA) is 59.3 Å². The minimum atomic E-state index is -0.900. The number of fused-ring (bicyclic) bond motifs is 3. The van der Waals surface area contributed by atoms with Gasteiger partial charge in [-0.15, -0.1) is 0 Å². The Bertz CT molecular complexity index is 964. The largest absolute Gasteiger partial charge is 0.480 e. The number of aromatic nitrogens is 1. The van der Waals surface area contributed by atoms with Gasteiger partial charge in [0.25, 0.3) is 0 Å². The Morgan fingerprint density at radius 3 is 2.50 bits per heavy atom. The maximum atomic E-state index is 12.6. The maximum absolute atomic E-state index is 12.6. The molecule has 2 fully saturated rings. The highest BCUT2D eigenvalue weighted by Gasteiger charge is 2.31. The minimum absolute atomic E-state index is 0.0169. The zero-order chi connectivity index (χ0) is 20.7. The standard InChI is InChI=1S/C25H31NO3S/c27-23(28)15-26-22-11-10-19(14-21(22)20-12-13-30-25(29)24(20)26)18-8-6-17(7-9-18)16-4-2-1-3-5-16/h10-11,14,16-18H,1-9,12-13,15H2,(H,27,28). The van der Waals surface area contributed by atoms with Crippen molar-refractivity contribution < 1.29 is 14.7 Å². The van der Waals surface area contributed by atoms with E-state index >= 15 is 0 Å². The van der Waals surface area contributed by atoms with Crippen LogP contribution in [-0.2, 0) is 17.8 Å². The molecule has 160 valence electrons. The Labute approximate surface area is 182 Å². The molecular formula is C25H31NO3S. The first-order valence-corrected chi connectivity index (χ1v) is 12.6. The number of nitrogens with zero attached hydrogens (tertiary/aromatic N) is 1. The second kappa shape index (κ2) is 8.41. The lowest BCUT2D eigenvalue weighted by Gasteiger charge is -2.36. The Morgan fingerprint density at radius 1 is 1.03 bits per heavy atom. The van der Waals surface area contributed by atoms with Gasteiger partial charge in [-0.2, -0.15) is 0 Å². The molecule has 0 bridgehead atoms. The van der Waals surface area contributed by atoms with Crippen molar-refractivity contribution in [3.63, 3.8) is 0 Å². The number of thioether (sulfide) groups is 1. The summed E-state index contributed by atoms with van der Waals surface area (Å²) in [6.45, 7) is -0.149. The Morgan fingerprint density at radius 2 is 1.77 bits per heavy atom. The molecule has 4 nitrogen and oxygen atoms in total. The van der Waals surface area contributed by atoms with E-state index < -0.39 is 5.97 Å². The molecule has 0 atom stereocenters. The lowest BCUT2D eigenvalue weighted by atomic mass is 9.70. The predicted molar refractivity (Wildman–Crippen MR) is 121 cm³/mol. The number of aryl methyl sites for hydroxylation is 1. The van der Waals surface area contributed by atoms with E-state index in [0.29, 0.717) is 11.6 Å². The van der Waals surface area contributed by atoms with E-state index in [1.165, 1.54) is 75.1 Å². The van der Waals surface area contributed by atoms with E-state index in [1.807, 2.05) is 0 Å². The van der Waals surface area contributed by atoms with Crippen LogP contribution in [0.2, 0.25) is 0 Å². The lowest BCUT2D eigenvalue weighted by molar-refractivity contribution is -0.137. The average molecular weight is 426 g/mol. The van der Waals surface area contributed by atoms with Crippen LogP contribution in [-0.4, -0.2) is 26.5 Å². The van der Waals surface area contributed by atoms with E-state index in [9.17, 15) is 14.7 Å². The van der Waals surface area contributed by atoms with Gasteiger partial charge in [-0.25, -0.2) is 0 Å². The third kappa shape index (κ3) is 3.70. The monoisotopic (exact) mass is 425 g/mol. The number of carboxylic acids is 1. The smallest absolute Gasteiger partial charge is 0.323 e. The van der Waals surface area contributed by atoms with Crippen LogP contribution in [0.4, 0.5) is 0 Å². The second-order valence-electron chi connectivity index (χ2n) is 9.48. The molecule has 2 aromatic rings. The SMILES string of the molecule is O=C(O)Cn1c2c(c3cc(C4CCC(C5CCCCC5)CC4)ccc31)CCSC2=O. The Balaban J connectivity index is 1.41. The quantitative estimate of drug-likeness (QED) is 0.652. The molecule has 2 saturated carbocycles. The van der Waals surface area contributed by atoms with Crippen molar-refractivity contribution in [3.05, 3.63) is 35.0 Å². The second-order valence-corrected chi connectivity index (χ2v) is 10.5. The molecule has 0 spiro atoms. The van der Waals surface area contributed by atoms with Gasteiger partial charge in [0, 0.05) is 16.7 Å². The summed E-state index contributed by atoms with van der Waals surface area (Å²) in [4.78, 5) is 24.0. The molecule has 0 unspecified atom stereocenters. The molecular weight excluding hydrogens is 394 g/mol. The predicted octanol–water partition coefficient (Wildman–Crippen LogP) is 6.01. The number of benzene rings is 1. The fraction of sp³-hybridized carbons (Fsp3) is 0.600. The summed E-state index contributed by atoms with van der Waals surface area (Å²) in [6.07, 6.45) is 13.2. The summed E-state index contributed by atoms with van der Waals surface area (Å²) in [6, 6.07) is 6.54. The molecule has 2 heterocycles. The molecule has 0 saturated heterocycles. The van der Waals surface area contributed by atoms with Crippen molar-refractivity contribution in [3.8, 4) is 0 Å². The fourth-order valence-electron chi connectivity index (χ4n) is 6.33. The van der Waals surface area contributed by atoms with Crippen LogP contribution in [0.1, 0.15) is 85.3 Å². The number of hydrogen-bond acceptors (Lipinski definition) is 3. The molecule has 1 aliphatic heterocycles. The van der Waals surface area contributed by atoms with Crippen molar-refractivity contribution in [1.82, 2.24) is 4.57 Å². The summed E-state index contributed by atoms with van der Waals surface area (Å²) in [5, 5.41) is 10.5. The number of carbonyl (C=O) groups is 2. The summed E-state index contributed by atoms with van der Waals surface area (Å²) in [7, 11) is 0. The summed E-state index contributed by atoms with van der Waals surface area (Å²) in [5.41, 5.74) is 3.96. The zero-order valence-corrected chi connectivity index (χ0v) is 18.4. The Hall–Kier alpha value is -1.75. The molecule has 3 aliphatic rings. The van der Waals surface area contributed by atoms with Gasteiger partial charge in [0.05, 0.1) is 0 Å². The van der Waals surface area contributed by atoms with Gasteiger partial charge in [0.2, 0.25) is 5.12 Å². The van der Waals surface area contributed by atoms with Crippen molar-refractivity contribution in [2.75, 3.05) is 5.75 Å². The molecule has 1 N–H and O–H groups in total. The van der Waals surface area contributed by atoms with Gasteiger partial charge in [0.1, 0.15) is 12.2 Å². The summed E-state index contributed by atoms with van der Waals surface area (Å²) < 4.78 is 1.73. The third-order valence-corrected chi connectivity index (χ3v) is 8.69. The molecule has 0 radical (unpaired) electrons. The number of carbonyl (C=O) groups excluding carboxylic acids is 1. The van der Waals surface area contributed by atoms with Crippen LogP contribution in [0, 0.1) is 11.8 Å². The van der Waals surface area contributed by atoms with Crippen LogP contribution in [0.15, 0.2) is 18.2 Å². The van der Waals surface area contributed by atoms with Crippen molar-refractivity contribution in [1.29, 1.82) is 0 Å². The average Bonchev–Trinajstić information content (AvgIpc) is 3.08. The molecule has 1 aromatic heterocycles. The first-order chi connectivity index (χ1) is 14.6. The first-order valence-electron chi connectivity index (χ1n) is 11.7. The van der Waals surface area contributed by atoms with Crippen molar-refractivity contribution in [2.45, 2.75) is 76.7 Å². The minimum Gasteiger partial charge on any atom is -0.480 e. The highest BCUT2D eigenvalue weighted by Crippen LogP contribution is 2.44. The van der Waals surface area contributed by atoms with E-state index in [-0.39, 0.29) is 11.7 Å². The van der Waals surface area contributed by atoms with E-state index in [4.69, 9.17) is 0 Å². The highest BCUT2D eigenvalue weighted by atomic mass is 32.2. The summed E-state index contributed by atoms with van der Waals surface area (Å²) >= 11 is 1.31. The van der Waals surface area contributed by atoms with Crippen LogP contribution < -0.4 is 0 Å². The Kier molecular flexibility index (Phi) is 5.65. The molecule has 5 rings (SSSR count). The van der Waals surface area contributed by atoms with Gasteiger partial charge < -0.3 is 9.67 Å². The van der Waals surface area contributed by atoms with E-state index in [1.54, 1.807) is 4.57 Å². The molecule has 0 amide bonds. The van der Waals surface area contributed by atoms with Gasteiger partial charge in [-0.1, -0.05) is 49.9 Å². The number of aliphatic carboxylic acids is 1. The molecule has 1 aromatic carbocycles. The van der Waals surface area contributed by atoms with E-state index in [0.717, 1.165) is 40.5 Å². The molecule has 30 heavy (non-hydrogen) atoms. The van der Waals surface area contributed by atoms with Crippen molar-refractivity contribution in [2.24, 2.45) is 11.8 Å². The normalized spacial score (nSPS) is 25.4. The van der Waals surface area contributed by atoms with Crippen molar-refractivity contribution >= 4 is 33.7 Å². The number of rotatable bonds is 4. The molecule has 2 aliphatic carbocycles. The first kappa shape index (κ1) is 20.2. The van der Waals surface area contributed by atoms with Crippen LogP contribution in [0.3, 0.4) is 0 Å². The molecule has 5 heteroatoms. The third-order valence-electron chi connectivity index (χ3n) is 7.82. The fourth-order valence-corrected chi connectivity index (χ4v) is 7.19. The van der Waals surface area contributed by atoms with Gasteiger partial charge in [0.15, 0.2) is 0 Å². The van der Waals surface area contributed by atoms with Crippen LogP contribution in [0.25, 0.3) is 10.9 Å². The number of carboxylic acid groups (broad SMARTS) is 1. The highest BCUT2D eigenvalue weighted by molar-refractivity contribution is 8.14. The zero-order valence-electron chi connectivity index (χ0n) is 17.6. The van der Waals surface area contributed by atoms with Gasteiger partial charge in [-0.3, -0.25) is 9.59 Å². The van der Waals surface area contributed by atoms with E-state index in [2.05, 4.69) is 18.2 Å². The van der Waals surface area contributed by atoms with Crippen LogP contribution >= 0.6 is 11.8 Å². The lowest BCUT2D eigenvalue weighted by Crippen LogP contribution is -2.23. The number of hydrogen-bond donors (Lipinski definition) is 1. The van der Waals surface area contributed by atoms with Crippen LogP contribution in [0.5, 0.6) is 0 Å². The van der Waals surface area contributed by atoms with Gasteiger partial charge in [-0.05, 0) is 73.1 Å². The maximum Gasteiger partial charge on any atom is 0.323 e.